The third kappa shape index (κ3) is 5.69. The molecule has 1 heterocycles. The molecule has 2 unspecified atom stereocenters. The number of hydrogen-bond acceptors (Lipinski definition) is 5. The minimum absolute atomic E-state index is 0.0129. The number of allylic oxidation sites excluding steroid dienone is 2. The topological polar surface area (TPSA) is 73.9 Å². The second-order valence-corrected chi connectivity index (χ2v) is 9.45. The van der Waals surface area contributed by atoms with Crippen molar-refractivity contribution in [2.24, 2.45) is 0 Å². The van der Waals surface area contributed by atoms with E-state index in [4.69, 9.17) is 14.2 Å². The molecule has 0 saturated heterocycles. The molecule has 0 aromatic heterocycles. The second-order valence-electron chi connectivity index (χ2n) is 9.45. The lowest BCUT2D eigenvalue weighted by Crippen LogP contribution is -2.38. The lowest BCUT2D eigenvalue weighted by Gasteiger charge is -2.34. The van der Waals surface area contributed by atoms with Gasteiger partial charge in [0.2, 0.25) is 5.91 Å². The van der Waals surface area contributed by atoms with Crippen LogP contribution in [0.25, 0.3) is 0 Å². The van der Waals surface area contributed by atoms with Crippen LogP contribution in [0, 0.1) is 0 Å². The smallest absolute Gasteiger partial charge is 0.225 e. The summed E-state index contributed by atoms with van der Waals surface area (Å²) < 4.78 is 17.4. The Kier molecular flexibility index (Phi) is 7.79. The third-order valence-corrected chi connectivity index (χ3v) is 6.39. The predicted octanol–water partition coefficient (Wildman–Crippen LogP) is 5.67. The van der Waals surface area contributed by atoms with Crippen molar-refractivity contribution in [2.75, 3.05) is 13.2 Å². The van der Waals surface area contributed by atoms with E-state index in [1.54, 1.807) is 0 Å². The van der Waals surface area contributed by atoms with Gasteiger partial charge in [0.1, 0.15) is 5.75 Å². The fourth-order valence-electron chi connectivity index (χ4n) is 4.90. The SMILES string of the molecule is CCCOc1ccc(C2CC(=O)C3=C(C2)NC(=O)CC3c2ccc(OC(C)C)c(OCC)c2)cc1. The van der Waals surface area contributed by atoms with E-state index >= 15 is 0 Å². The van der Waals surface area contributed by atoms with Crippen molar-refractivity contribution in [3.05, 3.63) is 64.9 Å². The molecular weight excluding hydrogens is 442 g/mol. The number of nitrogens with one attached hydrogen (secondary N) is 1. The van der Waals surface area contributed by atoms with E-state index in [1.807, 2.05) is 63.2 Å². The summed E-state index contributed by atoms with van der Waals surface area (Å²) in [6.07, 6.45) is 2.27. The van der Waals surface area contributed by atoms with Crippen molar-refractivity contribution >= 4 is 11.7 Å². The summed E-state index contributed by atoms with van der Waals surface area (Å²) >= 11 is 0. The highest BCUT2D eigenvalue weighted by Gasteiger charge is 2.38. The van der Waals surface area contributed by atoms with E-state index in [1.165, 1.54) is 0 Å². The zero-order valence-electron chi connectivity index (χ0n) is 21.1. The highest BCUT2D eigenvalue weighted by molar-refractivity contribution is 6.02. The summed E-state index contributed by atoms with van der Waals surface area (Å²) in [5, 5.41) is 3.00. The molecule has 6 heteroatoms. The fourth-order valence-corrected chi connectivity index (χ4v) is 4.90. The molecule has 1 aliphatic heterocycles. The lowest BCUT2D eigenvalue weighted by atomic mass is 9.73. The van der Waals surface area contributed by atoms with Gasteiger partial charge in [-0.25, -0.2) is 0 Å². The summed E-state index contributed by atoms with van der Waals surface area (Å²) in [6.45, 7) is 9.11. The number of amides is 1. The van der Waals surface area contributed by atoms with Gasteiger partial charge in [0.25, 0.3) is 0 Å². The van der Waals surface area contributed by atoms with Gasteiger partial charge >= 0.3 is 0 Å². The van der Waals surface area contributed by atoms with E-state index in [0.29, 0.717) is 37.6 Å². The van der Waals surface area contributed by atoms with Crippen LogP contribution in [0.3, 0.4) is 0 Å². The molecule has 186 valence electrons. The largest absolute Gasteiger partial charge is 0.494 e. The van der Waals surface area contributed by atoms with E-state index in [-0.39, 0.29) is 36.1 Å². The Labute approximate surface area is 207 Å². The number of ketones is 1. The van der Waals surface area contributed by atoms with E-state index in [9.17, 15) is 9.59 Å². The summed E-state index contributed by atoms with van der Waals surface area (Å²) in [5.74, 6) is 1.91. The molecule has 1 amide bonds. The van der Waals surface area contributed by atoms with Crippen LogP contribution in [0.4, 0.5) is 0 Å². The maximum absolute atomic E-state index is 13.4. The quantitative estimate of drug-likeness (QED) is 0.504. The minimum atomic E-state index is -0.288. The number of rotatable bonds is 9. The molecule has 2 aromatic rings. The van der Waals surface area contributed by atoms with Gasteiger partial charge in [-0.3, -0.25) is 9.59 Å². The molecule has 0 fully saturated rings. The van der Waals surface area contributed by atoms with Crippen LogP contribution in [0.2, 0.25) is 0 Å². The van der Waals surface area contributed by atoms with Crippen LogP contribution >= 0.6 is 0 Å². The Bertz CT molecular complexity index is 1100. The Hall–Kier alpha value is -3.28. The molecule has 2 aromatic carbocycles. The summed E-state index contributed by atoms with van der Waals surface area (Å²) in [6, 6.07) is 13.7. The van der Waals surface area contributed by atoms with E-state index < -0.39 is 0 Å². The first-order valence-corrected chi connectivity index (χ1v) is 12.6. The average Bonchev–Trinajstić information content (AvgIpc) is 2.83. The molecule has 4 rings (SSSR count). The molecule has 1 aliphatic carbocycles. The molecule has 0 radical (unpaired) electrons. The van der Waals surface area contributed by atoms with E-state index in [0.717, 1.165) is 34.6 Å². The summed E-state index contributed by atoms with van der Waals surface area (Å²) in [4.78, 5) is 26.1. The predicted molar refractivity (Wildman–Crippen MR) is 135 cm³/mol. The highest BCUT2D eigenvalue weighted by Crippen LogP contribution is 2.44. The monoisotopic (exact) mass is 477 g/mol. The molecule has 6 nitrogen and oxygen atoms in total. The Morgan fingerprint density at radius 2 is 1.66 bits per heavy atom. The van der Waals surface area contributed by atoms with Crippen molar-refractivity contribution in [3.8, 4) is 17.2 Å². The Morgan fingerprint density at radius 1 is 0.914 bits per heavy atom. The van der Waals surface area contributed by atoms with Gasteiger partial charge in [0, 0.05) is 30.0 Å². The van der Waals surface area contributed by atoms with Crippen molar-refractivity contribution in [3.63, 3.8) is 0 Å². The standard InChI is InChI=1S/C29H35NO5/c1-5-13-34-22-10-7-19(8-11-22)21-14-24-29(25(31)15-21)23(17-28(32)30-24)20-9-12-26(35-18(3)4)27(16-20)33-6-2/h7-12,16,18,21,23H,5-6,13-15,17H2,1-4H3,(H,30,32). The molecular formula is C29H35NO5. The van der Waals surface area contributed by atoms with E-state index in [2.05, 4.69) is 12.2 Å². The van der Waals surface area contributed by atoms with Crippen molar-refractivity contribution in [1.82, 2.24) is 5.32 Å². The van der Waals surface area contributed by atoms with Gasteiger partial charge in [-0.05, 0) is 74.9 Å². The summed E-state index contributed by atoms with van der Waals surface area (Å²) in [5.41, 5.74) is 3.46. The maximum atomic E-state index is 13.4. The second kappa shape index (κ2) is 11.0. The van der Waals surface area contributed by atoms with Gasteiger partial charge in [-0.1, -0.05) is 25.1 Å². The number of benzene rings is 2. The average molecular weight is 478 g/mol. The fraction of sp³-hybridized carbons (Fsp3) is 0.448. The number of ether oxygens (including phenoxy) is 3. The van der Waals surface area contributed by atoms with Gasteiger partial charge in [0.15, 0.2) is 17.3 Å². The zero-order chi connectivity index (χ0) is 24.9. The first-order chi connectivity index (χ1) is 16.9. The van der Waals surface area contributed by atoms with Crippen LogP contribution in [-0.2, 0) is 9.59 Å². The molecule has 0 bridgehead atoms. The molecule has 2 atom stereocenters. The van der Waals surface area contributed by atoms with Crippen LogP contribution in [-0.4, -0.2) is 31.0 Å². The number of hydrogen-bond donors (Lipinski definition) is 1. The highest BCUT2D eigenvalue weighted by atomic mass is 16.5. The third-order valence-electron chi connectivity index (χ3n) is 6.39. The van der Waals surface area contributed by atoms with Gasteiger partial charge in [0.05, 0.1) is 19.3 Å². The van der Waals surface area contributed by atoms with Crippen LogP contribution in [0.5, 0.6) is 17.2 Å². The van der Waals surface area contributed by atoms with Crippen molar-refractivity contribution < 1.29 is 23.8 Å². The summed E-state index contributed by atoms with van der Waals surface area (Å²) in [7, 11) is 0. The van der Waals surface area contributed by atoms with Crippen LogP contribution < -0.4 is 19.5 Å². The normalized spacial score (nSPS) is 19.9. The van der Waals surface area contributed by atoms with Crippen LogP contribution in [0.15, 0.2) is 53.7 Å². The number of carbonyl (C=O) groups excluding carboxylic acids is 2. The first-order valence-electron chi connectivity index (χ1n) is 12.6. The molecule has 2 aliphatic rings. The minimum Gasteiger partial charge on any atom is -0.494 e. The zero-order valence-corrected chi connectivity index (χ0v) is 21.1. The Balaban J connectivity index is 1.61. The molecule has 1 N–H and O–H groups in total. The maximum Gasteiger partial charge on any atom is 0.225 e. The molecule has 0 saturated carbocycles. The molecule has 0 spiro atoms. The molecule has 35 heavy (non-hydrogen) atoms. The van der Waals surface area contributed by atoms with Crippen molar-refractivity contribution in [2.45, 2.75) is 71.3 Å². The van der Waals surface area contributed by atoms with Gasteiger partial charge < -0.3 is 19.5 Å². The lowest BCUT2D eigenvalue weighted by molar-refractivity contribution is -0.122. The van der Waals surface area contributed by atoms with Gasteiger partial charge in [-0.15, -0.1) is 0 Å². The first kappa shape index (κ1) is 24.8. The number of carbonyl (C=O) groups is 2. The van der Waals surface area contributed by atoms with Gasteiger partial charge in [-0.2, -0.15) is 0 Å². The Morgan fingerprint density at radius 3 is 2.34 bits per heavy atom. The van der Waals surface area contributed by atoms with Crippen LogP contribution in [0.1, 0.15) is 76.3 Å². The number of Topliss-reactive ketones (excluding diaryl/α,β-unsaturated/α-hetero) is 1. The van der Waals surface area contributed by atoms with Crippen molar-refractivity contribution in [1.29, 1.82) is 0 Å².